The summed E-state index contributed by atoms with van der Waals surface area (Å²) in [6, 6.07) is 11.8. The van der Waals surface area contributed by atoms with E-state index in [4.69, 9.17) is 0 Å². The normalized spacial score (nSPS) is 12.8. The lowest BCUT2D eigenvalue weighted by Gasteiger charge is -2.19. The minimum Gasteiger partial charge on any atom is -0.310 e. The Morgan fingerprint density at radius 3 is 2.30 bits per heavy atom. The Morgan fingerprint density at radius 1 is 1.05 bits per heavy atom. The van der Waals surface area contributed by atoms with Crippen molar-refractivity contribution in [1.29, 1.82) is 0 Å². The van der Waals surface area contributed by atoms with Crippen LogP contribution in [0.4, 0.5) is 0 Å². The molecule has 1 nitrogen and oxygen atoms in total. The Kier molecular flexibility index (Phi) is 5.81. The van der Waals surface area contributed by atoms with Gasteiger partial charge in [0.15, 0.2) is 0 Å². The van der Waals surface area contributed by atoms with Crippen LogP contribution < -0.4 is 5.32 Å². The van der Waals surface area contributed by atoms with Gasteiger partial charge in [0.2, 0.25) is 0 Å². The van der Waals surface area contributed by atoms with Crippen LogP contribution in [0.2, 0.25) is 0 Å². The molecule has 0 saturated heterocycles. The van der Waals surface area contributed by atoms with Crippen molar-refractivity contribution < 1.29 is 0 Å². The van der Waals surface area contributed by atoms with Gasteiger partial charge in [0.1, 0.15) is 0 Å². The molecule has 0 fully saturated rings. The summed E-state index contributed by atoms with van der Waals surface area (Å²) in [6.45, 7) is 7.78. The van der Waals surface area contributed by atoms with Crippen molar-refractivity contribution in [2.75, 3.05) is 6.54 Å². The van der Waals surface area contributed by atoms with E-state index in [-0.39, 0.29) is 0 Å². The van der Waals surface area contributed by atoms with Gasteiger partial charge in [-0.2, -0.15) is 11.3 Å². The Balaban J connectivity index is 2.12. The average Bonchev–Trinajstić information content (AvgIpc) is 2.96. The van der Waals surface area contributed by atoms with E-state index in [1.54, 1.807) is 11.3 Å². The number of rotatable bonds is 7. The summed E-state index contributed by atoms with van der Waals surface area (Å²) in [4.78, 5) is 0. The van der Waals surface area contributed by atoms with E-state index in [9.17, 15) is 0 Å². The van der Waals surface area contributed by atoms with Crippen molar-refractivity contribution in [2.24, 2.45) is 0 Å². The summed E-state index contributed by atoms with van der Waals surface area (Å²) in [6.07, 6.45) is 2.24. The van der Waals surface area contributed by atoms with E-state index in [2.05, 4.69) is 67.2 Å². The minimum atomic E-state index is 0.422. The molecular formula is C18H25NS. The van der Waals surface area contributed by atoms with Gasteiger partial charge in [-0.25, -0.2) is 0 Å². The van der Waals surface area contributed by atoms with Crippen molar-refractivity contribution in [2.45, 2.75) is 45.6 Å². The van der Waals surface area contributed by atoms with Crippen LogP contribution in [0.1, 0.15) is 55.8 Å². The van der Waals surface area contributed by atoms with Gasteiger partial charge in [-0.05, 0) is 58.8 Å². The summed E-state index contributed by atoms with van der Waals surface area (Å²) in [5.41, 5.74) is 4.24. The van der Waals surface area contributed by atoms with Gasteiger partial charge in [0.25, 0.3) is 0 Å². The summed E-state index contributed by atoms with van der Waals surface area (Å²) in [5.74, 6) is 0.600. The fraction of sp³-hybridized carbons (Fsp3) is 0.444. The quantitative estimate of drug-likeness (QED) is 0.742. The molecule has 0 saturated carbocycles. The van der Waals surface area contributed by atoms with Gasteiger partial charge >= 0.3 is 0 Å². The molecule has 1 aromatic carbocycles. The zero-order valence-electron chi connectivity index (χ0n) is 12.7. The van der Waals surface area contributed by atoms with Crippen molar-refractivity contribution in [3.8, 4) is 0 Å². The monoisotopic (exact) mass is 287 g/mol. The molecule has 0 aliphatic heterocycles. The molecule has 2 aromatic rings. The van der Waals surface area contributed by atoms with E-state index < -0.39 is 0 Å². The van der Waals surface area contributed by atoms with Gasteiger partial charge in [-0.3, -0.25) is 0 Å². The molecule has 0 amide bonds. The highest BCUT2D eigenvalue weighted by Gasteiger charge is 2.12. The molecular weight excluding hydrogens is 262 g/mol. The molecule has 2 heteroatoms. The molecule has 0 spiro atoms. The van der Waals surface area contributed by atoms with Crippen LogP contribution in [0.15, 0.2) is 41.1 Å². The second-order valence-corrected chi connectivity index (χ2v) is 6.44. The fourth-order valence-electron chi connectivity index (χ4n) is 2.38. The third kappa shape index (κ3) is 4.19. The minimum absolute atomic E-state index is 0.422. The fourth-order valence-corrected chi connectivity index (χ4v) is 3.07. The predicted molar refractivity (Wildman–Crippen MR) is 89.6 cm³/mol. The van der Waals surface area contributed by atoms with Gasteiger partial charge in [-0.1, -0.05) is 45.0 Å². The van der Waals surface area contributed by atoms with E-state index in [0.29, 0.717) is 12.0 Å². The first kappa shape index (κ1) is 15.3. The first-order chi connectivity index (χ1) is 9.70. The zero-order chi connectivity index (χ0) is 14.4. The third-order valence-electron chi connectivity index (χ3n) is 3.67. The van der Waals surface area contributed by atoms with Crippen LogP contribution in [-0.4, -0.2) is 6.54 Å². The predicted octanol–water partition coefficient (Wildman–Crippen LogP) is 5.15. The van der Waals surface area contributed by atoms with Crippen molar-refractivity contribution in [3.05, 3.63) is 57.8 Å². The van der Waals surface area contributed by atoms with Crippen LogP contribution in [-0.2, 0) is 6.42 Å². The lowest BCUT2D eigenvalue weighted by molar-refractivity contribution is 0.529. The topological polar surface area (TPSA) is 12.0 Å². The Morgan fingerprint density at radius 2 is 1.75 bits per heavy atom. The van der Waals surface area contributed by atoms with Gasteiger partial charge < -0.3 is 5.32 Å². The SMILES string of the molecule is CCCNC(Cc1ccsc1)c1ccc(C(C)C)cc1. The van der Waals surface area contributed by atoms with Crippen LogP contribution in [0, 0.1) is 0 Å². The van der Waals surface area contributed by atoms with Crippen LogP contribution >= 0.6 is 11.3 Å². The van der Waals surface area contributed by atoms with Gasteiger partial charge in [0, 0.05) is 6.04 Å². The average molecular weight is 287 g/mol. The van der Waals surface area contributed by atoms with Crippen LogP contribution in [0.25, 0.3) is 0 Å². The molecule has 1 aromatic heterocycles. The maximum atomic E-state index is 3.68. The van der Waals surface area contributed by atoms with Crippen molar-refractivity contribution in [3.63, 3.8) is 0 Å². The molecule has 108 valence electrons. The number of hydrogen-bond acceptors (Lipinski definition) is 2. The number of nitrogens with one attached hydrogen (secondary N) is 1. The number of benzene rings is 1. The summed E-state index contributed by atoms with van der Waals surface area (Å²) in [5, 5.41) is 8.09. The first-order valence-electron chi connectivity index (χ1n) is 7.55. The van der Waals surface area contributed by atoms with Crippen molar-refractivity contribution in [1.82, 2.24) is 5.32 Å². The van der Waals surface area contributed by atoms with Crippen LogP contribution in [0.5, 0.6) is 0 Å². The first-order valence-corrected chi connectivity index (χ1v) is 8.49. The summed E-state index contributed by atoms with van der Waals surface area (Å²) in [7, 11) is 0. The molecule has 0 bridgehead atoms. The molecule has 1 heterocycles. The Hall–Kier alpha value is -1.12. The molecule has 1 atom stereocenters. The Bertz CT molecular complexity index is 485. The highest BCUT2D eigenvalue weighted by atomic mass is 32.1. The lowest BCUT2D eigenvalue weighted by atomic mass is 9.96. The summed E-state index contributed by atoms with van der Waals surface area (Å²) >= 11 is 1.78. The van der Waals surface area contributed by atoms with E-state index in [1.807, 2.05) is 0 Å². The molecule has 20 heavy (non-hydrogen) atoms. The second kappa shape index (κ2) is 7.61. The standard InChI is InChI=1S/C18H25NS/c1-4-10-19-18(12-15-9-11-20-13-15)17-7-5-16(6-8-17)14(2)3/h5-9,11,13-14,18-19H,4,10,12H2,1-3H3. The molecule has 0 aliphatic carbocycles. The molecule has 1 unspecified atom stereocenters. The largest absolute Gasteiger partial charge is 0.310 e. The Labute approximate surface area is 127 Å². The van der Waals surface area contributed by atoms with E-state index in [1.165, 1.54) is 23.1 Å². The number of thiophene rings is 1. The summed E-state index contributed by atoms with van der Waals surface area (Å²) < 4.78 is 0. The van der Waals surface area contributed by atoms with E-state index >= 15 is 0 Å². The highest BCUT2D eigenvalue weighted by Crippen LogP contribution is 2.22. The van der Waals surface area contributed by atoms with E-state index in [0.717, 1.165) is 13.0 Å². The van der Waals surface area contributed by atoms with Crippen molar-refractivity contribution >= 4 is 11.3 Å². The maximum Gasteiger partial charge on any atom is 0.0361 e. The second-order valence-electron chi connectivity index (χ2n) is 5.66. The third-order valence-corrected chi connectivity index (χ3v) is 4.40. The zero-order valence-corrected chi connectivity index (χ0v) is 13.5. The smallest absolute Gasteiger partial charge is 0.0361 e. The molecule has 1 N–H and O–H groups in total. The van der Waals surface area contributed by atoms with Crippen LogP contribution in [0.3, 0.4) is 0 Å². The van der Waals surface area contributed by atoms with Gasteiger partial charge in [0.05, 0.1) is 0 Å². The molecule has 0 radical (unpaired) electrons. The maximum absolute atomic E-state index is 3.68. The molecule has 2 rings (SSSR count). The highest BCUT2D eigenvalue weighted by molar-refractivity contribution is 7.07. The van der Waals surface area contributed by atoms with Gasteiger partial charge in [-0.15, -0.1) is 0 Å². The number of hydrogen-bond donors (Lipinski definition) is 1. The lowest BCUT2D eigenvalue weighted by Crippen LogP contribution is -2.24. The molecule has 0 aliphatic rings.